The Kier molecular flexibility index (Phi) is 4.75. The molecule has 0 radical (unpaired) electrons. The minimum atomic E-state index is -0.274. The molecule has 1 aromatic carbocycles. The van der Waals surface area contributed by atoms with E-state index >= 15 is 0 Å². The number of benzene rings is 1. The summed E-state index contributed by atoms with van der Waals surface area (Å²) in [7, 11) is 0. The number of aryl methyl sites for hydroxylation is 1. The maximum atomic E-state index is 13.2. The quantitative estimate of drug-likeness (QED) is 0.842. The van der Waals surface area contributed by atoms with E-state index in [2.05, 4.69) is 13.8 Å². The Balaban J connectivity index is 2.91. The maximum absolute atomic E-state index is 13.2. The van der Waals surface area contributed by atoms with Gasteiger partial charge in [0.15, 0.2) is 0 Å². The lowest BCUT2D eigenvalue weighted by atomic mass is 9.94. The predicted octanol–water partition coefficient (Wildman–Crippen LogP) is 4.22. The first kappa shape index (κ1) is 13.5. The zero-order valence-electron chi connectivity index (χ0n) is 10.1. The molecule has 90 valence electrons. The molecule has 0 bridgehead atoms. The number of hydrogen-bond acceptors (Lipinski definition) is 1. The van der Waals surface area contributed by atoms with Crippen LogP contribution < -0.4 is 5.73 Å². The van der Waals surface area contributed by atoms with E-state index in [0.29, 0.717) is 16.5 Å². The molecular weight excluding hydrogens is 225 g/mol. The molecule has 0 saturated heterocycles. The van der Waals surface area contributed by atoms with E-state index in [-0.39, 0.29) is 11.9 Å². The molecule has 0 aromatic heterocycles. The average molecular weight is 244 g/mol. The van der Waals surface area contributed by atoms with Crippen molar-refractivity contribution in [3.05, 3.63) is 34.1 Å². The van der Waals surface area contributed by atoms with Gasteiger partial charge in [-0.15, -0.1) is 0 Å². The van der Waals surface area contributed by atoms with Gasteiger partial charge < -0.3 is 5.73 Å². The van der Waals surface area contributed by atoms with Crippen molar-refractivity contribution in [2.24, 2.45) is 11.7 Å². The molecule has 0 fully saturated rings. The average Bonchev–Trinajstić information content (AvgIpc) is 2.23. The summed E-state index contributed by atoms with van der Waals surface area (Å²) >= 11 is 6.00. The van der Waals surface area contributed by atoms with E-state index in [0.717, 1.165) is 18.4 Å². The molecule has 2 N–H and O–H groups in total. The second-order valence-electron chi connectivity index (χ2n) is 4.48. The summed E-state index contributed by atoms with van der Waals surface area (Å²) in [5, 5.41) is 0.430. The molecule has 16 heavy (non-hydrogen) atoms. The van der Waals surface area contributed by atoms with Crippen molar-refractivity contribution < 1.29 is 4.39 Å². The molecule has 0 spiro atoms. The SMILES string of the molecule is CCC(C)CC(N)c1cc(C)c(F)cc1Cl. The van der Waals surface area contributed by atoms with E-state index in [1.807, 2.05) is 0 Å². The number of rotatable bonds is 4. The fourth-order valence-electron chi connectivity index (χ4n) is 1.69. The monoisotopic (exact) mass is 243 g/mol. The first-order valence-electron chi connectivity index (χ1n) is 5.66. The minimum Gasteiger partial charge on any atom is -0.324 e. The number of nitrogens with two attached hydrogens (primary N) is 1. The van der Waals surface area contributed by atoms with Crippen LogP contribution in [0.4, 0.5) is 4.39 Å². The van der Waals surface area contributed by atoms with Gasteiger partial charge >= 0.3 is 0 Å². The van der Waals surface area contributed by atoms with Crippen LogP contribution in [-0.4, -0.2) is 0 Å². The Bertz CT molecular complexity index is 365. The van der Waals surface area contributed by atoms with E-state index in [4.69, 9.17) is 17.3 Å². The third-order valence-corrected chi connectivity index (χ3v) is 3.36. The second kappa shape index (κ2) is 5.65. The molecule has 1 nitrogen and oxygen atoms in total. The number of halogens is 2. The molecule has 0 aliphatic rings. The van der Waals surface area contributed by atoms with Crippen LogP contribution in [0.1, 0.15) is 43.9 Å². The highest BCUT2D eigenvalue weighted by atomic mass is 35.5. The highest BCUT2D eigenvalue weighted by molar-refractivity contribution is 6.31. The molecule has 2 atom stereocenters. The summed E-state index contributed by atoms with van der Waals surface area (Å²) in [5.41, 5.74) is 7.53. The van der Waals surface area contributed by atoms with Crippen molar-refractivity contribution in [2.45, 2.75) is 39.7 Å². The highest BCUT2D eigenvalue weighted by Crippen LogP contribution is 2.29. The van der Waals surface area contributed by atoms with Crippen LogP contribution in [0.25, 0.3) is 0 Å². The van der Waals surface area contributed by atoms with Crippen LogP contribution >= 0.6 is 11.6 Å². The largest absolute Gasteiger partial charge is 0.324 e. The normalized spacial score (nSPS) is 14.9. The lowest BCUT2D eigenvalue weighted by Crippen LogP contribution is -2.14. The van der Waals surface area contributed by atoms with E-state index in [1.165, 1.54) is 6.07 Å². The second-order valence-corrected chi connectivity index (χ2v) is 4.89. The van der Waals surface area contributed by atoms with Crippen molar-refractivity contribution in [2.75, 3.05) is 0 Å². The molecule has 0 heterocycles. The van der Waals surface area contributed by atoms with Gasteiger partial charge in [0, 0.05) is 11.1 Å². The molecule has 0 saturated carbocycles. The van der Waals surface area contributed by atoms with Gasteiger partial charge in [-0.3, -0.25) is 0 Å². The molecule has 2 unspecified atom stereocenters. The third kappa shape index (κ3) is 3.19. The summed E-state index contributed by atoms with van der Waals surface area (Å²) in [6.45, 7) is 6.02. The van der Waals surface area contributed by atoms with Crippen molar-refractivity contribution in [1.29, 1.82) is 0 Å². The zero-order chi connectivity index (χ0) is 12.3. The zero-order valence-corrected chi connectivity index (χ0v) is 10.8. The Labute approximate surface area is 102 Å². The molecule has 0 aliphatic heterocycles. The fourth-order valence-corrected chi connectivity index (χ4v) is 1.98. The Hall–Kier alpha value is -0.600. The molecule has 0 amide bonds. The van der Waals surface area contributed by atoms with Crippen molar-refractivity contribution >= 4 is 11.6 Å². The van der Waals surface area contributed by atoms with Crippen LogP contribution in [0.5, 0.6) is 0 Å². The van der Waals surface area contributed by atoms with E-state index in [1.54, 1.807) is 13.0 Å². The van der Waals surface area contributed by atoms with Gasteiger partial charge in [-0.05, 0) is 36.5 Å². The Morgan fingerprint density at radius 3 is 2.62 bits per heavy atom. The van der Waals surface area contributed by atoms with Gasteiger partial charge in [0.2, 0.25) is 0 Å². The molecule has 1 rings (SSSR count). The third-order valence-electron chi connectivity index (χ3n) is 3.03. The summed E-state index contributed by atoms with van der Waals surface area (Å²) in [4.78, 5) is 0. The van der Waals surface area contributed by atoms with Crippen molar-refractivity contribution in [3.8, 4) is 0 Å². The predicted molar refractivity (Wildman–Crippen MR) is 67.1 cm³/mol. The van der Waals surface area contributed by atoms with Gasteiger partial charge in [0.1, 0.15) is 5.82 Å². The Morgan fingerprint density at radius 2 is 2.06 bits per heavy atom. The fraction of sp³-hybridized carbons (Fsp3) is 0.538. The van der Waals surface area contributed by atoms with Crippen LogP contribution in [0, 0.1) is 18.7 Å². The standard InChI is InChI=1S/C13H19ClFN/c1-4-8(2)5-13(16)10-6-9(3)12(15)7-11(10)14/h6-8,13H,4-5,16H2,1-3H3. The molecule has 3 heteroatoms. The summed E-state index contributed by atoms with van der Waals surface area (Å²) in [5.74, 6) is 0.279. The Morgan fingerprint density at radius 1 is 1.44 bits per heavy atom. The van der Waals surface area contributed by atoms with Gasteiger partial charge in [-0.2, -0.15) is 0 Å². The summed E-state index contributed by atoms with van der Waals surface area (Å²) in [6.07, 6.45) is 1.97. The molecule has 0 aliphatic carbocycles. The first-order valence-corrected chi connectivity index (χ1v) is 6.04. The van der Waals surface area contributed by atoms with E-state index in [9.17, 15) is 4.39 Å². The van der Waals surface area contributed by atoms with Gasteiger partial charge in [0.05, 0.1) is 0 Å². The van der Waals surface area contributed by atoms with Gasteiger partial charge in [-0.25, -0.2) is 4.39 Å². The number of hydrogen-bond donors (Lipinski definition) is 1. The first-order chi connectivity index (χ1) is 7.45. The van der Waals surface area contributed by atoms with E-state index < -0.39 is 0 Å². The molecule has 1 aromatic rings. The van der Waals surface area contributed by atoms with Gasteiger partial charge in [0.25, 0.3) is 0 Å². The minimum absolute atomic E-state index is 0.109. The van der Waals surface area contributed by atoms with Crippen LogP contribution in [0.15, 0.2) is 12.1 Å². The van der Waals surface area contributed by atoms with Crippen molar-refractivity contribution in [1.82, 2.24) is 0 Å². The van der Waals surface area contributed by atoms with Gasteiger partial charge in [-0.1, -0.05) is 37.9 Å². The van der Waals surface area contributed by atoms with Crippen molar-refractivity contribution in [3.63, 3.8) is 0 Å². The lowest BCUT2D eigenvalue weighted by molar-refractivity contribution is 0.461. The summed E-state index contributed by atoms with van der Waals surface area (Å²) < 4.78 is 13.2. The topological polar surface area (TPSA) is 26.0 Å². The van der Waals surface area contributed by atoms with Crippen LogP contribution in [0.2, 0.25) is 5.02 Å². The molecular formula is C13H19ClFN. The van der Waals surface area contributed by atoms with Crippen LogP contribution in [0.3, 0.4) is 0 Å². The lowest BCUT2D eigenvalue weighted by Gasteiger charge is -2.18. The summed E-state index contributed by atoms with van der Waals surface area (Å²) in [6, 6.07) is 3.00. The van der Waals surface area contributed by atoms with Crippen LogP contribution in [-0.2, 0) is 0 Å². The highest BCUT2D eigenvalue weighted by Gasteiger charge is 2.15. The smallest absolute Gasteiger partial charge is 0.127 e. The maximum Gasteiger partial charge on any atom is 0.127 e.